The van der Waals surface area contributed by atoms with E-state index in [0.717, 1.165) is 31.2 Å². The Bertz CT molecular complexity index is 356. The lowest BCUT2D eigenvalue weighted by molar-refractivity contribution is 0.0924. The molecule has 0 radical (unpaired) electrons. The highest BCUT2D eigenvalue weighted by molar-refractivity contribution is 5.94. The van der Waals surface area contributed by atoms with Gasteiger partial charge in [0.25, 0.3) is 5.91 Å². The molecule has 0 aliphatic heterocycles. The molecule has 0 spiro atoms. The average molecular weight is 232 g/mol. The molecule has 0 heterocycles. The summed E-state index contributed by atoms with van der Waals surface area (Å²) in [6.45, 7) is 0. The first-order valence-corrected chi connectivity index (χ1v) is 6.33. The summed E-state index contributed by atoms with van der Waals surface area (Å²) in [4.78, 5) is 11.9. The fraction of sp³-hybridized carbons (Fsp3) is 0.500. The molecule has 1 fully saturated rings. The van der Waals surface area contributed by atoms with E-state index in [4.69, 9.17) is 0 Å². The van der Waals surface area contributed by atoms with Crippen molar-refractivity contribution < 1.29 is 4.79 Å². The Morgan fingerprint density at radius 2 is 1.65 bits per heavy atom. The summed E-state index contributed by atoms with van der Waals surface area (Å²) in [6.07, 6.45) is 4.45. The highest BCUT2D eigenvalue weighted by Gasteiger charge is 2.21. The van der Waals surface area contributed by atoms with Crippen LogP contribution in [0, 0.1) is 0 Å². The Balaban J connectivity index is 1.84. The van der Waals surface area contributed by atoms with Crippen molar-refractivity contribution in [1.82, 2.24) is 10.6 Å². The van der Waals surface area contributed by atoms with E-state index in [1.54, 1.807) is 0 Å². The van der Waals surface area contributed by atoms with E-state index >= 15 is 0 Å². The Labute approximate surface area is 103 Å². The van der Waals surface area contributed by atoms with Gasteiger partial charge in [0.05, 0.1) is 0 Å². The molecule has 3 nitrogen and oxygen atoms in total. The van der Waals surface area contributed by atoms with Crippen LogP contribution in [0.2, 0.25) is 0 Å². The summed E-state index contributed by atoms with van der Waals surface area (Å²) in [5, 5.41) is 6.41. The molecule has 0 atom stereocenters. The van der Waals surface area contributed by atoms with Crippen LogP contribution in [0.5, 0.6) is 0 Å². The van der Waals surface area contributed by atoms with Gasteiger partial charge in [-0.05, 0) is 44.9 Å². The predicted octanol–water partition coefficient (Wildman–Crippen LogP) is 1.95. The van der Waals surface area contributed by atoms with Crippen molar-refractivity contribution in [1.29, 1.82) is 0 Å². The minimum Gasteiger partial charge on any atom is -0.349 e. The molecular weight excluding hydrogens is 212 g/mol. The summed E-state index contributed by atoms with van der Waals surface area (Å²) in [6, 6.07) is 10.4. The van der Waals surface area contributed by atoms with Crippen LogP contribution in [-0.4, -0.2) is 25.0 Å². The van der Waals surface area contributed by atoms with Gasteiger partial charge in [-0.25, -0.2) is 0 Å². The van der Waals surface area contributed by atoms with Crippen molar-refractivity contribution in [2.45, 2.75) is 37.8 Å². The van der Waals surface area contributed by atoms with Crippen LogP contribution in [0.4, 0.5) is 0 Å². The zero-order chi connectivity index (χ0) is 12.1. The van der Waals surface area contributed by atoms with E-state index in [1.165, 1.54) is 0 Å². The van der Waals surface area contributed by atoms with Gasteiger partial charge in [-0.1, -0.05) is 18.2 Å². The number of nitrogens with one attached hydrogen (secondary N) is 2. The average Bonchev–Trinajstić information content (AvgIpc) is 2.40. The van der Waals surface area contributed by atoms with E-state index in [0.29, 0.717) is 12.1 Å². The van der Waals surface area contributed by atoms with Gasteiger partial charge < -0.3 is 10.6 Å². The fourth-order valence-electron chi connectivity index (χ4n) is 2.38. The van der Waals surface area contributed by atoms with Crippen molar-refractivity contribution in [3.8, 4) is 0 Å². The molecule has 1 aromatic carbocycles. The molecule has 17 heavy (non-hydrogen) atoms. The summed E-state index contributed by atoms with van der Waals surface area (Å²) in [7, 11) is 2.01. The summed E-state index contributed by atoms with van der Waals surface area (Å²) in [5.41, 5.74) is 0.753. The molecule has 1 aliphatic carbocycles. The third-order valence-corrected chi connectivity index (χ3v) is 3.51. The first-order valence-electron chi connectivity index (χ1n) is 6.33. The Morgan fingerprint density at radius 1 is 1.06 bits per heavy atom. The third-order valence-electron chi connectivity index (χ3n) is 3.51. The fourth-order valence-corrected chi connectivity index (χ4v) is 2.38. The number of hydrogen-bond donors (Lipinski definition) is 2. The number of benzene rings is 1. The second-order valence-electron chi connectivity index (χ2n) is 4.68. The first-order chi connectivity index (χ1) is 8.29. The van der Waals surface area contributed by atoms with E-state index in [9.17, 15) is 4.79 Å². The van der Waals surface area contributed by atoms with E-state index in [2.05, 4.69) is 10.6 Å². The molecule has 0 unspecified atom stereocenters. The maximum atomic E-state index is 11.9. The molecule has 0 saturated heterocycles. The maximum Gasteiger partial charge on any atom is 0.251 e. The SMILES string of the molecule is CNC1CCC(NC(=O)c2ccccc2)CC1. The molecule has 0 aromatic heterocycles. The topological polar surface area (TPSA) is 41.1 Å². The van der Waals surface area contributed by atoms with Crippen LogP contribution in [0.15, 0.2) is 30.3 Å². The molecule has 92 valence electrons. The van der Waals surface area contributed by atoms with Crippen molar-refractivity contribution >= 4 is 5.91 Å². The molecule has 1 aliphatic rings. The molecule has 1 amide bonds. The predicted molar refractivity (Wildman–Crippen MR) is 69.0 cm³/mol. The minimum atomic E-state index is 0.0542. The molecule has 3 heteroatoms. The maximum absolute atomic E-state index is 11.9. The van der Waals surface area contributed by atoms with Crippen molar-refractivity contribution in [2.24, 2.45) is 0 Å². The zero-order valence-corrected chi connectivity index (χ0v) is 10.3. The smallest absolute Gasteiger partial charge is 0.251 e. The number of carbonyl (C=O) groups is 1. The first kappa shape index (κ1) is 12.1. The van der Waals surface area contributed by atoms with Gasteiger partial charge in [0.15, 0.2) is 0 Å². The number of carbonyl (C=O) groups excluding carboxylic acids is 1. The van der Waals surface area contributed by atoms with E-state index in [1.807, 2.05) is 37.4 Å². The van der Waals surface area contributed by atoms with Gasteiger partial charge in [0.1, 0.15) is 0 Å². The van der Waals surface area contributed by atoms with Gasteiger partial charge in [-0.3, -0.25) is 4.79 Å². The van der Waals surface area contributed by atoms with Gasteiger partial charge >= 0.3 is 0 Å². The van der Waals surface area contributed by atoms with Crippen molar-refractivity contribution in [2.75, 3.05) is 7.05 Å². The molecule has 2 N–H and O–H groups in total. The van der Waals surface area contributed by atoms with Crippen LogP contribution < -0.4 is 10.6 Å². The van der Waals surface area contributed by atoms with Gasteiger partial charge in [-0.15, -0.1) is 0 Å². The monoisotopic (exact) mass is 232 g/mol. The molecule has 0 bridgehead atoms. The lowest BCUT2D eigenvalue weighted by Crippen LogP contribution is -2.41. The van der Waals surface area contributed by atoms with Gasteiger partial charge in [-0.2, -0.15) is 0 Å². The van der Waals surface area contributed by atoms with Gasteiger partial charge in [0, 0.05) is 17.6 Å². The Kier molecular flexibility index (Phi) is 4.15. The highest BCUT2D eigenvalue weighted by Crippen LogP contribution is 2.18. The lowest BCUT2D eigenvalue weighted by atomic mass is 9.91. The largest absolute Gasteiger partial charge is 0.349 e. The van der Waals surface area contributed by atoms with Crippen molar-refractivity contribution in [3.05, 3.63) is 35.9 Å². The van der Waals surface area contributed by atoms with Crippen LogP contribution in [0.3, 0.4) is 0 Å². The quantitative estimate of drug-likeness (QED) is 0.836. The summed E-state index contributed by atoms with van der Waals surface area (Å²) < 4.78 is 0. The summed E-state index contributed by atoms with van der Waals surface area (Å²) in [5.74, 6) is 0.0542. The molecule has 2 rings (SSSR count). The number of amides is 1. The second kappa shape index (κ2) is 5.82. The Morgan fingerprint density at radius 3 is 2.24 bits per heavy atom. The van der Waals surface area contributed by atoms with Crippen LogP contribution in [-0.2, 0) is 0 Å². The molecule has 1 saturated carbocycles. The lowest BCUT2D eigenvalue weighted by Gasteiger charge is -2.28. The number of hydrogen-bond acceptors (Lipinski definition) is 2. The summed E-state index contributed by atoms with van der Waals surface area (Å²) >= 11 is 0. The molecule has 1 aromatic rings. The van der Waals surface area contributed by atoms with E-state index < -0.39 is 0 Å². The minimum absolute atomic E-state index is 0.0542. The Hall–Kier alpha value is -1.35. The van der Waals surface area contributed by atoms with Crippen molar-refractivity contribution in [3.63, 3.8) is 0 Å². The van der Waals surface area contributed by atoms with Crippen LogP contribution >= 0.6 is 0 Å². The van der Waals surface area contributed by atoms with Crippen LogP contribution in [0.1, 0.15) is 36.0 Å². The normalized spacial score (nSPS) is 24.3. The zero-order valence-electron chi connectivity index (χ0n) is 10.3. The highest BCUT2D eigenvalue weighted by atomic mass is 16.1. The third kappa shape index (κ3) is 3.30. The van der Waals surface area contributed by atoms with E-state index in [-0.39, 0.29) is 5.91 Å². The molecular formula is C14H20N2O. The van der Waals surface area contributed by atoms with Crippen LogP contribution in [0.25, 0.3) is 0 Å². The second-order valence-corrected chi connectivity index (χ2v) is 4.68. The van der Waals surface area contributed by atoms with Gasteiger partial charge in [0.2, 0.25) is 0 Å². The standard InChI is InChI=1S/C14H20N2O/c1-15-12-7-9-13(10-8-12)16-14(17)11-5-3-2-4-6-11/h2-6,12-13,15H,7-10H2,1H3,(H,16,17). The number of rotatable bonds is 3.